The first-order valence-corrected chi connectivity index (χ1v) is 12.0. The Morgan fingerprint density at radius 2 is 1.46 bits per heavy atom. The van der Waals surface area contributed by atoms with E-state index in [4.69, 9.17) is 3.63 Å². The zero-order valence-corrected chi connectivity index (χ0v) is 17.1. The van der Waals surface area contributed by atoms with Gasteiger partial charge in [0, 0.05) is 22.2 Å². The van der Waals surface area contributed by atoms with Gasteiger partial charge in [-0.05, 0) is 36.8 Å². The van der Waals surface area contributed by atoms with Gasteiger partial charge in [0.2, 0.25) is 0 Å². The molecule has 0 aliphatic heterocycles. The molecule has 2 aromatic carbocycles. The van der Waals surface area contributed by atoms with Crippen LogP contribution in [-0.4, -0.2) is 43.4 Å². The molecule has 5 nitrogen and oxygen atoms in total. The lowest BCUT2D eigenvalue weighted by molar-refractivity contribution is 0.312. The van der Waals surface area contributed by atoms with Crippen LogP contribution in [0, 0.1) is 6.92 Å². The van der Waals surface area contributed by atoms with E-state index in [1.807, 2.05) is 31.2 Å². The number of aliphatic hydroxyl groups is 2. The Bertz CT molecular complexity index is 796. The third-order valence-corrected chi connectivity index (χ3v) is 9.57. The highest BCUT2D eigenvalue weighted by atomic mass is 32.3. The lowest BCUT2D eigenvalue weighted by atomic mass is 10.2. The molecule has 0 spiro atoms. The SMILES string of the molecule is Cc1ccc(S(=O)(=O)OS(CCO)(CCO)Cc2ccc(S)cc2)cc1. The van der Waals surface area contributed by atoms with E-state index in [0.717, 1.165) is 16.0 Å². The molecule has 0 saturated heterocycles. The minimum absolute atomic E-state index is 0.0709. The first-order valence-electron chi connectivity index (χ1n) is 8.09. The predicted molar refractivity (Wildman–Crippen MR) is 108 cm³/mol. The van der Waals surface area contributed by atoms with Gasteiger partial charge in [-0.3, -0.25) is 0 Å². The van der Waals surface area contributed by atoms with E-state index in [2.05, 4.69) is 12.6 Å². The standard InChI is InChI=1S/C18H24O5S3/c1-15-2-8-18(9-3-15)26(21,22)23-25(12-10-19,13-11-20)14-16-4-6-17(24)7-5-16/h2-9,19-20,24H,10-14H2,1H3. The third kappa shape index (κ3) is 5.73. The zero-order chi connectivity index (χ0) is 19.2. The number of aliphatic hydroxyl groups excluding tert-OH is 2. The first kappa shape index (κ1) is 21.3. The van der Waals surface area contributed by atoms with Gasteiger partial charge in [0.15, 0.2) is 0 Å². The highest BCUT2D eigenvalue weighted by Crippen LogP contribution is 2.53. The van der Waals surface area contributed by atoms with E-state index in [1.54, 1.807) is 12.1 Å². The molecule has 26 heavy (non-hydrogen) atoms. The Morgan fingerprint density at radius 1 is 0.923 bits per heavy atom. The van der Waals surface area contributed by atoms with E-state index in [0.29, 0.717) is 5.75 Å². The van der Waals surface area contributed by atoms with Crippen molar-refractivity contribution in [1.29, 1.82) is 0 Å². The topological polar surface area (TPSA) is 83.8 Å². The largest absolute Gasteiger partial charge is 0.395 e. The third-order valence-electron chi connectivity index (χ3n) is 3.84. The Kier molecular flexibility index (Phi) is 7.57. The van der Waals surface area contributed by atoms with Crippen LogP contribution in [0.1, 0.15) is 11.1 Å². The average molecular weight is 417 g/mol. The molecule has 2 rings (SSSR count). The monoisotopic (exact) mass is 416 g/mol. The molecule has 8 heteroatoms. The lowest BCUT2D eigenvalue weighted by Gasteiger charge is -2.37. The van der Waals surface area contributed by atoms with Crippen molar-refractivity contribution < 1.29 is 22.3 Å². The van der Waals surface area contributed by atoms with Crippen molar-refractivity contribution >= 4 is 33.1 Å². The molecule has 0 aliphatic rings. The summed E-state index contributed by atoms with van der Waals surface area (Å²) in [7, 11) is -6.30. The van der Waals surface area contributed by atoms with Gasteiger partial charge in [-0.15, -0.1) is 22.9 Å². The van der Waals surface area contributed by atoms with Crippen molar-refractivity contribution in [3.8, 4) is 0 Å². The summed E-state index contributed by atoms with van der Waals surface area (Å²) in [4.78, 5) is 0.869. The maximum atomic E-state index is 12.8. The Hall–Kier alpha value is -1.03. The second kappa shape index (κ2) is 9.25. The van der Waals surface area contributed by atoms with Crippen LogP contribution < -0.4 is 0 Å². The second-order valence-corrected chi connectivity index (χ2v) is 11.4. The van der Waals surface area contributed by atoms with Crippen molar-refractivity contribution in [2.24, 2.45) is 0 Å². The average Bonchev–Trinajstić information content (AvgIpc) is 2.57. The van der Waals surface area contributed by atoms with E-state index in [1.165, 1.54) is 12.1 Å². The van der Waals surface area contributed by atoms with Gasteiger partial charge in [0.05, 0.1) is 18.1 Å². The van der Waals surface area contributed by atoms with Crippen molar-refractivity contribution in [3.05, 3.63) is 59.7 Å². The van der Waals surface area contributed by atoms with Crippen molar-refractivity contribution in [3.63, 3.8) is 0 Å². The van der Waals surface area contributed by atoms with E-state index in [-0.39, 0.29) is 29.6 Å². The molecule has 2 N–H and O–H groups in total. The predicted octanol–water partition coefficient (Wildman–Crippen LogP) is 2.89. The van der Waals surface area contributed by atoms with E-state index < -0.39 is 20.4 Å². The fourth-order valence-electron chi connectivity index (χ4n) is 2.50. The molecule has 144 valence electrons. The number of aryl methyl sites for hydroxylation is 1. The van der Waals surface area contributed by atoms with Crippen LogP contribution >= 0.6 is 22.9 Å². The smallest absolute Gasteiger partial charge is 0.306 e. The zero-order valence-electron chi connectivity index (χ0n) is 14.5. The molecule has 0 atom stereocenters. The molecular weight excluding hydrogens is 392 g/mol. The summed E-state index contributed by atoms with van der Waals surface area (Å²) in [5.41, 5.74) is 1.82. The molecule has 0 heterocycles. The summed E-state index contributed by atoms with van der Waals surface area (Å²) < 4.78 is 31.2. The summed E-state index contributed by atoms with van der Waals surface area (Å²) in [5, 5.41) is 19.0. The number of rotatable bonds is 9. The van der Waals surface area contributed by atoms with Crippen LogP contribution in [0.2, 0.25) is 0 Å². The molecule has 0 fully saturated rings. The molecule has 0 unspecified atom stereocenters. The van der Waals surface area contributed by atoms with Crippen LogP contribution in [0.4, 0.5) is 0 Å². The van der Waals surface area contributed by atoms with Crippen LogP contribution in [0.25, 0.3) is 0 Å². The summed E-state index contributed by atoms with van der Waals surface area (Å²) in [6, 6.07) is 13.7. The number of hydrogen-bond donors (Lipinski definition) is 3. The normalized spacial score (nSPS) is 12.9. The van der Waals surface area contributed by atoms with Gasteiger partial charge in [0.25, 0.3) is 0 Å². The van der Waals surface area contributed by atoms with Crippen LogP contribution in [0.3, 0.4) is 0 Å². The second-order valence-electron chi connectivity index (χ2n) is 5.97. The summed E-state index contributed by atoms with van der Waals surface area (Å²) in [6.07, 6.45) is 0. The van der Waals surface area contributed by atoms with Crippen molar-refractivity contribution in [1.82, 2.24) is 0 Å². The molecule has 0 amide bonds. The first-order chi connectivity index (χ1) is 12.3. The Balaban J connectivity index is 2.36. The fourth-order valence-corrected chi connectivity index (χ4v) is 7.65. The summed E-state index contributed by atoms with van der Waals surface area (Å²) in [6.45, 7) is 1.43. The molecular formula is C18H24O5S3. The quantitative estimate of drug-likeness (QED) is 0.548. The summed E-state index contributed by atoms with van der Waals surface area (Å²) in [5.74, 6) is 0.663. The van der Waals surface area contributed by atoms with Crippen LogP contribution in [-0.2, 0) is 19.5 Å². The molecule has 0 bridgehead atoms. The van der Waals surface area contributed by atoms with Crippen molar-refractivity contribution in [2.75, 3.05) is 24.7 Å². The summed E-state index contributed by atoms with van der Waals surface area (Å²) >= 11 is 4.25. The molecule has 0 radical (unpaired) electrons. The number of thiol groups is 1. The molecule has 2 aromatic rings. The van der Waals surface area contributed by atoms with Gasteiger partial charge in [-0.25, -0.2) is 3.63 Å². The highest BCUT2D eigenvalue weighted by Gasteiger charge is 2.32. The van der Waals surface area contributed by atoms with Gasteiger partial charge >= 0.3 is 10.1 Å². The Morgan fingerprint density at radius 3 is 1.96 bits per heavy atom. The van der Waals surface area contributed by atoms with Crippen LogP contribution in [0.15, 0.2) is 58.3 Å². The van der Waals surface area contributed by atoms with Gasteiger partial charge in [-0.2, -0.15) is 8.42 Å². The Labute approximate surface area is 162 Å². The highest BCUT2D eigenvalue weighted by molar-refractivity contribution is 8.32. The van der Waals surface area contributed by atoms with E-state index in [9.17, 15) is 18.6 Å². The van der Waals surface area contributed by atoms with Gasteiger partial charge in [0.1, 0.15) is 0 Å². The molecule has 0 saturated carbocycles. The maximum Gasteiger partial charge on any atom is 0.306 e. The fraction of sp³-hybridized carbons (Fsp3) is 0.333. The number of hydrogen-bond acceptors (Lipinski definition) is 6. The minimum Gasteiger partial charge on any atom is -0.395 e. The van der Waals surface area contributed by atoms with Gasteiger partial charge in [-0.1, -0.05) is 29.8 Å². The number of benzene rings is 2. The van der Waals surface area contributed by atoms with E-state index >= 15 is 0 Å². The molecule has 0 aromatic heterocycles. The minimum atomic E-state index is -4.01. The van der Waals surface area contributed by atoms with Gasteiger partial charge < -0.3 is 10.2 Å². The molecule has 0 aliphatic carbocycles. The lowest BCUT2D eigenvalue weighted by Crippen LogP contribution is -2.23. The maximum absolute atomic E-state index is 12.8. The van der Waals surface area contributed by atoms with Crippen LogP contribution in [0.5, 0.6) is 0 Å². The van der Waals surface area contributed by atoms with Crippen molar-refractivity contribution in [2.45, 2.75) is 22.5 Å².